The van der Waals surface area contributed by atoms with Crippen LogP contribution in [0.1, 0.15) is 206 Å². The molecule has 0 radical (unpaired) electrons. The summed E-state index contributed by atoms with van der Waals surface area (Å²) in [4.78, 5) is 0. The largest absolute Gasteiger partial charge is 0.0885 e. The zero-order chi connectivity index (χ0) is 26.0. The molecule has 0 N–H and O–H groups in total. The van der Waals surface area contributed by atoms with E-state index in [1.165, 1.54) is 193 Å². The van der Waals surface area contributed by atoms with Gasteiger partial charge in [0.15, 0.2) is 0 Å². The van der Waals surface area contributed by atoms with Crippen LogP contribution in [0.3, 0.4) is 0 Å². The minimum atomic E-state index is 1.30. The second-order valence-corrected chi connectivity index (χ2v) is 11.6. The summed E-state index contributed by atoms with van der Waals surface area (Å²) in [6.07, 6.45) is 52.4. The lowest BCUT2D eigenvalue weighted by Crippen LogP contribution is -1.84. The fourth-order valence-corrected chi connectivity index (χ4v) is 5.20. The van der Waals surface area contributed by atoms with Gasteiger partial charge in [0, 0.05) is 0 Å². The van der Waals surface area contributed by atoms with Gasteiger partial charge in [-0.25, -0.2) is 0 Å². The molecule has 0 bridgehead atoms. The van der Waals surface area contributed by atoms with Crippen molar-refractivity contribution in [2.24, 2.45) is 0 Å². The molecule has 0 rings (SSSR count). The molecule has 0 spiro atoms. The van der Waals surface area contributed by atoms with Crippen molar-refractivity contribution in [3.05, 3.63) is 24.3 Å². The van der Waals surface area contributed by atoms with Crippen molar-refractivity contribution in [3.8, 4) is 0 Å². The molecule has 0 heteroatoms. The summed E-state index contributed by atoms with van der Waals surface area (Å²) in [6, 6.07) is 0. The standard InChI is InChI=1S/C36H70/c1-3-5-7-9-11-13-15-17-19-21-23-25-27-29-31-33-35-36-34-32-30-28-26-24-22-20-18-16-14-12-10-8-6-4-2/h13-16H,3-12,17-36H2,1-2H3. The van der Waals surface area contributed by atoms with E-state index < -0.39 is 0 Å². The van der Waals surface area contributed by atoms with E-state index in [0.29, 0.717) is 0 Å². The summed E-state index contributed by atoms with van der Waals surface area (Å²) >= 11 is 0. The molecule has 0 aromatic rings. The van der Waals surface area contributed by atoms with Crippen molar-refractivity contribution in [3.63, 3.8) is 0 Å². The van der Waals surface area contributed by atoms with E-state index in [-0.39, 0.29) is 0 Å². The Kier molecular flexibility index (Phi) is 34.0. The molecule has 0 aliphatic heterocycles. The number of hydrogen-bond acceptors (Lipinski definition) is 0. The molecule has 36 heavy (non-hydrogen) atoms. The summed E-state index contributed by atoms with van der Waals surface area (Å²) in [5.41, 5.74) is 0. The zero-order valence-corrected chi connectivity index (χ0v) is 25.5. The molecule has 0 atom stereocenters. The van der Waals surface area contributed by atoms with Crippen LogP contribution in [-0.4, -0.2) is 0 Å². The summed E-state index contributed by atoms with van der Waals surface area (Å²) in [5.74, 6) is 0. The minimum absolute atomic E-state index is 1.30. The Balaban J connectivity index is 3.07. The van der Waals surface area contributed by atoms with Crippen molar-refractivity contribution in [1.29, 1.82) is 0 Å². The topological polar surface area (TPSA) is 0 Å². The molecular weight excluding hydrogens is 432 g/mol. The minimum Gasteiger partial charge on any atom is -0.0885 e. The number of hydrogen-bond donors (Lipinski definition) is 0. The number of unbranched alkanes of at least 4 members (excludes halogenated alkanes) is 27. The van der Waals surface area contributed by atoms with Gasteiger partial charge < -0.3 is 0 Å². The summed E-state index contributed by atoms with van der Waals surface area (Å²) in [6.45, 7) is 4.58. The molecule has 0 saturated heterocycles. The van der Waals surface area contributed by atoms with Crippen LogP contribution in [0.2, 0.25) is 0 Å². The molecule has 0 aliphatic carbocycles. The van der Waals surface area contributed by atoms with Gasteiger partial charge in [-0.05, 0) is 51.4 Å². The second-order valence-electron chi connectivity index (χ2n) is 11.6. The third-order valence-corrected chi connectivity index (χ3v) is 7.77. The molecule has 0 nitrogen and oxygen atoms in total. The van der Waals surface area contributed by atoms with Gasteiger partial charge in [0.1, 0.15) is 0 Å². The zero-order valence-electron chi connectivity index (χ0n) is 25.5. The average molecular weight is 503 g/mol. The maximum Gasteiger partial charge on any atom is -0.0351 e. The molecule has 0 amide bonds. The van der Waals surface area contributed by atoms with E-state index in [9.17, 15) is 0 Å². The van der Waals surface area contributed by atoms with Crippen LogP contribution in [0.15, 0.2) is 24.3 Å². The molecule has 0 fully saturated rings. The van der Waals surface area contributed by atoms with E-state index in [0.717, 1.165) is 0 Å². The van der Waals surface area contributed by atoms with Crippen LogP contribution >= 0.6 is 0 Å². The molecule has 0 heterocycles. The van der Waals surface area contributed by atoms with Crippen molar-refractivity contribution in [2.75, 3.05) is 0 Å². The maximum atomic E-state index is 2.43. The monoisotopic (exact) mass is 503 g/mol. The second kappa shape index (κ2) is 34.5. The van der Waals surface area contributed by atoms with Crippen LogP contribution in [0.4, 0.5) is 0 Å². The smallest absolute Gasteiger partial charge is 0.0351 e. The molecular formula is C36H70. The Morgan fingerprint density at radius 3 is 0.583 bits per heavy atom. The normalized spacial score (nSPS) is 11.9. The summed E-state index contributed by atoms with van der Waals surface area (Å²) in [7, 11) is 0. The fraction of sp³-hybridized carbons (Fsp3) is 0.889. The average Bonchev–Trinajstić information content (AvgIpc) is 2.89. The van der Waals surface area contributed by atoms with Gasteiger partial charge >= 0.3 is 0 Å². The summed E-state index contributed by atoms with van der Waals surface area (Å²) in [5, 5.41) is 0. The van der Waals surface area contributed by atoms with Crippen molar-refractivity contribution in [1.82, 2.24) is 0 Å². The van der Waals surface area contributed by atoms with Gasteiger partial charge in [-0.1, -0.05) is 179 Å². The van der Waals surface area contributed by atoms with E-state index in [1.807, 2.05) is 0 Å². The Labute approximate surface area is 230 Å². The lowest BCUT2D eigenvalue weighted by Gasteiger charge is -2.04. The Bertz CT molecular complexity index is 378. The van der Waals surface area contributed by atoms with Crippen molar-refractivity contribution in [2.45, 2.75) is 206 Å². The first-order valence-electron chi connectivity index (χ1n) is 17.2. The first-order chi connectivity index (χ1) is 17.9. The van der Waals surface area contributed by atoms with Crippen LogP contribution < -0.4 is 0 Å². The predicted octanol–water partition coefficient (Wildman–Crippen LogP) is 13.8. The molecule has 0 aliphatic rings. The SMILES string of the molecule is CCCCCCC=CCCCCCCCCCCCCCCCCCCCCC=CCCCCCC. The van der Waals surface area contributed by atoms with Crippen LogP contribution in [0.25, 0.3) is 0 Å². The highest BCUT2D eigenvalue weighted by atomic mass is 14.0. The third kappa shape index (κ3) is 33.5. The number of rotatable bonds is 31. The first kappa shape index (κ1) is 35.5. The van der Waals surface area contributed by atoms with E-state index in [4.69, 9.17) is 0 Å². The van der Waals surface area contributed by atoms with Gasteiger partial charge in [0.2, 0.25) is 0 Å². The molecule has 214 valence electrons. The number of allylic oxidation sites excluding steroid dienone is 4. The Hall–Kier alpha value is -0.520. The van der Waals surface area contributed by atoms with E-state index >= 15 is 0 Å². The molecule has 0 aromatic heterocycles. The maximum absolute atomic E-state index is 2.43. The highest BCUT2D eigenvalue weighted by Crippen LogP contribution is 2.15. The van der Waals surface area contributed by atoms with Crippen molar-refractivity contribution < 1.29 is 0 Å². The predicted molar refractivity (Wildman–Crippen MR) is 168 cm³/mol. The first-order valence-corrected chi connectivity index (χ1v) is 17.2. The van der Waals surface area contributed by atoms with Gasteiger partial charge in [0.25, 0.3) is 0 Å². The van der Waals surface area contributed by atoms with Gasteiger partial charge in [-0.15, -0.1) is 0 Å². The van der Waals surface area contributed by atoms with Gasteiger partial charge in [0.05, 0.1) is 0 Å². The van der Waals surface area contributed by atoms with Crippen LogP contribution in [0.5, 0.6) is 0 Å². The third-order valence-electron chi connectivity index (χ3n) is 7.77. The molecule has 0 aromatic carbocycles. The van der Waals surface area contributed by atoms with Crippen molar-refractivity contribution >= 4 is 0 Å². The van der Waals surface area contributed by atoms with Gasteiger partial charge in [-0.2, -0.15) is 0 Å². The van der Waals surface area contributed by atoms with E-state index in [2.05, 4.69) is 38.2 Å². The van der Waals surface area contributed by atoms with Crippen LogP contribution in [0, 0.1) is 0 Å². The lowest BCUT2D eigenvalue weighted by molar-refractivity contribution is 0.524. The highest BCUT2D eigenvalue weighted by molar-refractivity contribution is 4.81. The lowest BCUT2D eigenvalue weighted by atomic mass is 10.0. The van der Waals surface area contributed by atoms with Crippen LogP contribution in [-0.2, 0) is 0 Å². The van der Waals surface area contributed by atoms with E-state index in [1.54, 1.807) is 0 Å². The fourth-order valence-electron chi connectivity index (χ4n) is 5.20. The molecule has 0 saturated carbocycles. The highest BCUT2D eigenvalue weighted by Gasteiger charge is 1.95. The Morgan fingerprint density at radius 2 is 0.389 bits per heavy atom. The molecule has 0 unspecified atom stereocenters. The quantitative estimate of drug-likeness (QED) is 0.0653. The summed E-state index contributed by atoms with van der Waals surface area (Å²) < 4.78 is 0. The van der Waals surface area contributed by atoms with Gasteiger partial charge in [-0.3, -0.25) is 0 Å². The Morgan fingerprint density at radius 1 is 0.222 bits per heavy atom.